The van der Waals surface area contributed by atoms with Crippen LogP contribution in [0, 0.1) is 5.82 Å². The van der Waals surface area contributed by atoms with Crippen molar-refractivity contribution < 1.29 is 14.3 Å². The number of anilines is 1. The van der Waals surface area contributed by atoms with Gasteiger partial charge in [0.1, 0.15) is 5.82 Å². The van der Waals surface area contributed by atoms with E-state index in [1.807, 2.05) is 17.9 Å². The molecule has 2 amide bonds. The van der Waals surface area contributed by atoms with Crippen LogP contribution < -0.4 is 5.32 Å². The zero-order valence-corrected chi connectivity index (χ0v) is 17.9. The van der Waals surface area contributed by atoms with Gasteiger partial charge in [0.2, 0.25) is 0 Å². The fourth-order valence-corrected chi connectivity index (χ4v) is 4.88. The highest BCUT2D eigenvalue weighted by atomic mass is 19.1. The van der Waals surface area contributed by atoms with Gasteiger partial charge in [-0.05, 0) is 61.7 Å². The summed E-state index contributed by atoms with van der Waals surface area (Å²) in [5.74, 6) is -0.142. The van der Waals surface area contributed by atoms with E-state index in [4.69, 9.17) is 0 Å². The van der Waals surface area contributed by atoms with Crippen LogP contribution in [-0.2, 0) is 0 Å². The van der Waals surface area contributed by atoms with Gasteiger partial charge in [-0.1, -0.05) is 36.4 Å². The normalized spacial score (nSPS) is 24.2. The van der Waals surface area contributed by atoms with E-state index in [2.05, 4.69) is 40.6 Å². The number of urea groups is 1. The molecule has 2 aliphatic rings. The Hall–Kier alpha value is -2.70. The Bertz CT molecular complexity index is 913. The minimum absolute atomic E-state index is 0.0812. The van der Waals surface area contributed by atoms with Gasteiger partial charge in [0.15, 0.2) is 0 Å². The molecule has 0 saturated carbocycles. The summed E-state index contributed by atoms with van der Waals surface area (Å²) in [5.41, 5.74) is 2.94. The lowest BCUT2D eigenvalue weighted by Gasteiger charge is -2.57. The summed E-state index contributed by atoms with van der Waals surface area (Å²) in [4.78, 5) is 17.2. The maximum Gasteiger partial charge on any atom is 0.321 e. The molecule has 31 heavy (non-hydrogen) atoms. The van der Waals surface area contributed by atoms with Crippen LogP contribution in [0.2, 0.25) is 0 Å². The highest BCUT2D eigenvalue weighted by molar-refractivity contribution is 5.89. The van der Waals surface area contributed by atoms with Gasteiger partial charge >= 0.3 is 6.03 Å². The number of carbonyl (C=O) groups excluding carboxylic acids is 1. The van der Waals surface area contributed by atoms with Crippen molar-refractivity contribution in [1.29, 1.82) is 0 Å². The van der Waals surface area contributed by atoms with E-state index >= 15 is 0 Å². The highest BCUT2D eigenvalue weighted by Crippen LogP contribution is 2.42. The molecule has 2 heterocycles. The van der Waals surface area contributed by atoms with Gasteiger partial charge in [-0.15, -0.1) is 0 Å². The molecule has 5 nitrogen and oxygen atoms in total. The number of hydrogen-bond donors (Lipinski definition) is 2. The number of halogens is 1. The zero-order valence-electron chi connectivity index (χ0n) is 17.9. The first-order valence-corrected chi connectivity index (χ1v) is 11.0. The molecule has 0 aromatic heterocycles. The van der Waals surface area contributed by atoms with Crippen molar-refractivity contribution in [2.45, 2.75) is 37.8 Å². The minimum atomic E-state index is -0.326. The summed E-state index contributed by atoms with van der Waals surface area (Å²) < 4.78 is 13.2. The Kier molecular flexibility index (Phi) is 6.68. The molecule has 6 heteroatoms. The SMILES string of the molecule is C/C=C/c1ccc([C@H]2[C@@H](CO)N3CCCCN(C(=O)Nc4ccc(F)cc4)C[C@@H]23)cc1. The molecule has 2 aliphatic heterocycles. The van der Waals surface area contributed by atoms with Gasteiger partial charge < -0.3 is 15.3 Å². The molecule has 2 aromatic rings. The quantitative estimate of drug-likeness (QED) is 0.770. The number of nitrogens with zero attached hydrogens (tertiary/aromatic N) is 2. The van der Waals surface area contributed by atoms with Gasteiger partial charge in [0, 0.05) is 36.8 Å². The van der Waals surface area contributed by atoms with Crippen molar-refractivity contribution in [3.63, 3.8) is 0 Å². The first-order chi connectivity index (χ1) is 15.1. The van der Waals surface area contributed by atoms with E-state index in [0.717, 1.165) is 24.9 Å². The number of hydrogen-bond acceptors (Lipinski definition) is 3. The third kappa shape index (κ3) is 4.65. The number of rotatable bonds is 4. The number of amides is 2. The molecule has 0 aliphatic carbocycles. The molecule has 0 unspecified atom stereocenters. The van der Waals surface area contributed by atoms with Crippen molar-refractivity contribution in [3.05, 3.63) is 71.6 Å². The summed E-state index contributed by atoms with van der Waals surface area (Å²) in [6.45, 7) is 4.34. The summed E-state index contributed by atoms with van der Waals surface area (Å²) in [5, 5.41) is 13.0. The molecular weight excluding hydrogens is 393 g/mol. The molecule has 0 spiro atoms. The highest BCUT2D eigenvalue weighted by Gasteiger charge is 2.49. The van der Waals surface area contributed by atoms with E-state index in [0.29, 0.717) is 18.8 Å². The van der Waals surface area contributed by atoms with Gasteiger partial charge in [-0.2, -0.15) is 0 Å². The number of fused-ring (bicyclic) bond motifs is 1. The van der Waals surface area contributed by atoms with E-state index in [9.17, 15) is 14.3 Å². The summed E-state index contributed by atoms with van der Waals surface area (Å²) >= 11 is 0. The predicted octanol–water partition coefficient (Wildman–Crippen LogP) is 4.32. The number of allylic oxidation sites excluding steroid dienone is 1. The van der Waals surface area contributed by atoms with Crippen molar-refractivity contribution in [3.8, 4) is 0 Å². The second-order valence-electron chi connectivity index (χ2n) is 8.34. The van der Waals surface area contributed by atoms with Crippen molar-refractivity contribution in [1.82, 2.24) is 9.80 Å². The summed E-state index contributed by atoms with van der Waals surface area (Å²) in [6, 6.07) is 14.4. The molecule has 0 radical (unpaired) electrons. The minimum Gasteiger partial charge on any atom is -0.395 e. The summed E-state index contributed by atoms with van der Waals surface area (Å²) in [7, 11) is 0. The average Bonchev–Trinajstić information content (AvgIpc) is 2.75. The summed E-state index contributed by atoms with van der Waals surface area (Å²) in [6.07, 6.45) is 5.99. The van der Waals surface area contributed by atoms with Crippen LogP contribution in [0.3, 0.4) is 0 Å². The molecule has 2 aromatic carbocycles. The van der Waals surface area contributed by atoms with Crippen molar-refractivity contribution in [2.24, 2.45) is 0 Å². The number of benzene rings is 2. The lowest BCUT2D eigenvalue weighted by Crippen LogP contribution is -2.68. The van der Waals surface area contributed by atoms with Crippen LogP contribution in [0.1, 0.15) is 36.8 Å². The molecular formula is C25H30FN3O2. The third-order valence-electron chi connectivity index (χ3n) is 6.43. The Morgan fingerprint density at radius 3 is 2.52 bits per heavy atom. The Morgan fingerprint density at radius 1 is 1.13 bits per heavy atom. The lowest BCUT2D eigenvalue weighted by molar-refractivity contribution is -0.0585. The van der Waals surface area contributed by atoms with Crippen LogP contribution in [-0.4, -0.2) is 59.3 Å². The first-order valence-electron chi connectivity index (χ1n) is 11.0. The maximum absolute atomic E-state index is 13.2. The smallest absolute Gasteiger partial charge is 0.321 e. The number of nitrogens with one attached hydrogen (secondary N) is 1. The van der Waals surface area contributed by atoms with Gasteiger partial charge in [0.25, 0.3) is 0 Å². The average molecular weight is 424 g/mol. The lowest BCUT2D eigenvalue weighted by atomic mass is 9.74. The Labute approximate surface area is 183 Å². The van der Waals surface area contributed by atoms with Crippen LogP contribution >= 0.6 is 0 Å². The first kappa shape index (κ1) is 21.5. The van der Waals surface area contributed by atoms with Crippen LogP contribution in [0.4, 0.5) is 14.9 Å². The van der Waals surface area contributed by atoms with E-state index in [-0.39, 0.29) is 36.5 Å². The second-order valence-corrected chi connectivity index (χ2v) is 8.34. The number of aliphatic hydroxyl groups is 1. The van der Waals surface area contributed by atoms with Crippen molar-refractivity contribution in [2.75, 3.05) is 31.6 Å². The molecule has 0 bridgehead atoms. The van der Waals surface area contributed by atoms with Crippen LogP contribution in [0.25, 0.3) is 6.08 Å². The van der Waals surface area contributed by atoms with Gasteiger partial charge in [-0.25, -0.2) is 9.18 Å². The van der Waals surface area contributed by atoms with E-state index < -0.39 is 0 Å². The van der Waals surface area contributed by atoms with E-state index in [1.165, 1.54) is 17.7 Å². The van der Waals surface area contributed by atoms with Gasteiger partial charge in [-0.3, -0.25) is 4.90 Å². The maximum atomic E-state index is 13.2. The van der Waals surface area contributed by atoms with Crippen molar-refractivity contribution >= 4 is 17.8 Å². The van der Waals surface area contributed by atoms with Gasteiger partial charge in [0.05, 0.1) is 6.61 Å². The largest absolute Gasteiger partial charge is 0.395 e. The molecule has 2 fully saturated rings. The fraction of sp³-hybridized carbons (Fsp3) is 0.400. The molecule has 4 rings (SSSR count). The van der Waals surface area contributed by atoms with E-state index in [1.54, 1.807) is 12.1 Å². The van der Waals surface area contributed by atoms with Crippen LogP contribution in [0.15, 0.2) is 54.6 Å². The molecule has 164 valence electrons. The Morgan fingerprint density at radius 2 is 1.84 bits per heavy atom. The molecule has 3 atom stereocenters. The monoisotopic (exact) mass is 423 g/mol. The zero-order chi connectivity index (χ0) is 21.8. The topological polar surface area (TPSA) is 55.8 Å². The third-order valence-corrected chi connectivity index (χ3v) is 6.43. The number of carbonyl (C=O) groups is 1. The second kappa shape index (κ2) is 9.62. The Balaban J connectivity index is 1.51. The molecule has 2 N–H and O–H groups in total. The predicted molar refractivity (Wildman–Crippen MR) is 121 cm³/mol. The number of aliphatic hydroxyl groups excluding tert-OH is 1. The fourth-order valence-electron chi connectivity index (χ4n) is 4.88. The van der Waals surface area contributed by atoms with Crippen LogP contribution in [0.5, 0.6) is 0 Å². The molecule has 2 saturated heterocycles. The standard InChI is InChI=1S/C25H30FN3O2/c1-2-5-18-6-8-19(9-7-18)24-22-16-28(14-3-4-15-29(22)23(24)17-30)25(31)27-21-12-10-20(26)11-13-21/h2,5-13,22-24,30H,3-4,14-17H2,1H3,(H,27,31)/b5-2+/t22-,23+,24+/m0/s1.